The summed E-state index contributed by atoms with van der Waals surface area (Å²) in [6, 6.07) is 47.3. The molecule has 6 rings (SSSR count). The fourth-order valence-electron chi connectivity index (χ4n) is 4.60. The Balaban J connectivity index is 1.58. The molecular weight excluding hydrogens is 472 g/mol. The summed E-state index contributed by atoms with van der Waals surface area (Å²) in [5, 5.41) is 0.703. The van der Waals surface area contributed by atoms with Gasteiger partial charge in [-0.1, -0.05) is 133 Å². The first-order valence-electron chi connectivity index (χ1n) is 12.2. The van der Waals surface area contributed by atoms with E-state index in [0.717, 1.165) is 50.3 Å². The van der Waals surface area contributed by atoms with Crippen LogP contribution < -0.4 is 0 Å². The van der Waals surface area contributed by atoms with Crippen molar-refractivity contribution in [3.05, 3.63) is 145 Å². The number of halogens is 1. The maximum Gasteiger partial charge on any atom is 0.161 e. The Morgan fingerprint density at radius 2 is 0.838 bits per heavy atom. The van der Waals surface area contributed by atoms with Gasteiger partial charge in [0.15, 0.2) is 5.82 Å². The molecule has 5 aromatic carbocycles. The van der Waals surface area contributed by atoms with E-state index in [9.17, 15) is 0 Å². The van der Waals surface area contributed by atoms with E-state index in [2.05, 4.69) is 66.7 Å². The molecule has 0 amide bonds. The summed E-state index contributed by atoms with van der Waals surface area (Å²) in [6.07, 6.45) is 0. The van der Waals surface area contributed by atoms with E-state index in [0.29, 0.717) is 10.8 Å². The average Bonchev–Trinajstić information content (AvgIpc) is 2.98. The van der Waals surface area contributed by atoms with Crippen molar-refractivity contribution in [2.75, 3.05) is 0 Å². The minimum atomic E-state index is 0.685. The molecule has 0 bridgehead atoms. The lowest BCUT2D eigenvalue weighted by Crippen LogP contribution is -1.98. The van der Waals surface area contributed by atoms with Crippen LogP contribution in [-0.2, 0) is 0 Å². The van der Waals surface area contributed by atoms with Crippen LogP contribution in [0.5, 0.6) is 0 Å². The first-order valence-corrected chi connectivity index (χ1v) is 12.6. The van der Waals surface area contributed by atoms with E-state index in [-0.39, 0.29) is 0 Å². The third-order valence-electron chi connectivity index (χ3n) is 6.39. The van der Waals surface area contributed by atoms with Gasteiger partial charge in [0.25, 0.3) is 0 Å². The summed E-state index contributed by atoms with van der Waals surface area (Å²) >= 11 is 6.46. The van der Waals surface area contributed by atoms with E-state index in [4.69, 9.17) is 21.6 Å². The third kappa shape index (κ3) is 4.80. The summed E-state index contributed by atoms with van der Waals surface area (Å²) in [4.78, 5) is 10.1. The van der Waals surface area contributed by atoms with Gasteiger partial charge in [-0.3, -0.25) is 0 Å². The fraction of sp³-hybridized carbons (Fsp3) is 0. The van der Waals surface area contributed by atoms with Crippen molar-refractivity contribution in [1.82, 2.24) is 9.97 Å². The second kappa shape index (κ2) is 10.2. The van der Waals surface area contributed by atoms with Crippen LogP contribution in [0.1, 0.15) is 0 Å². The van der Waals surface area contributed by atoms with E-state index in [1.807, 2.05) is 72.8 Å². The van der Waals surface area contributed by atoms with Gasteiger partial charge in [0, 0.05) is 21.7 Å². The second-order valence-corrected chi connectivity index (χ2v) is 9.23. The largest absolute Gasteiger partial charge is 0.228 e. The molecule has 0 N–H and O–H groups in total. The Labute approximate surface area is 221 Å². The normalized spacial score (nSPS) is 10.8. The van der Waals surface area contributed by atoms with Crippen molar-refractivity contribution in [2.24, 2.45) is 0 Å². The van der Waals surface area contributed by atoms with Gasteiger partial charge >= 0.3 is 0 Å². The van der Waals surface area contributed by atoms with Crippen LogP contribution in [-0.4, -0.2) is 9.97 Å². The summed E-state index contributed by atoms with van der Waals surface area (Å²) in [5.74, 6) is 0.685. The average molecular weight is 495 g/mol. The van der Waals surface area contributed by atoms with Crippen LogP contribution in [0.4, 0.5) is 0 Å². The number of aromatic nitrogens is 2. The summed E-state index contributed by atoms with van der Waals surface area (Å²) in [5.41, 5.74) is 9.18. The molecule has 1 aromatic heterocycles. The van der Waals surface area contributed by atoms with Gasteiger partial charge in [0.2, 0.25) is 0 Å². The van der Waals surface area contributed by atoms with Crippen molar-refractivity contribution in [3.63, 3.8) is 0 Å². The first-order chi connectivity index (χ1) is 18.3. The van der Waals surface area contributed by atoms with Gasteiger partial charge in [-0.2, -0.15) is 0 Å². The Morgan fingerprint density at radius 3 is 1.41 bits per heavy atom. The zero-order valence-electron chi connectivity index (χ0n) is 20.1. The number of hydrogen-bond donors (Lipinski definition) is 0. The van der Waals surface area contributed by atoms with Gasteiger partial charge in [-0.25, -0.2) is 9.97 Å². The highest BCUT2D eigenvalue weighted by atomic mass is 35.5. The molecule has 6 aromatic rings. The lowest BCUT2D eigenvalue weighted by molar-refractivity contribution is 1.18. The zero-order chi connectivity index (χ0) is 25.0. The van der Waals surface area contributed by atoms with Crippen LogP contribution in [0, 0.1) is 0 Å². The molecule has 37 heavy (non-hydrogen) atoms. The van der Waals surface area contributed by atoms with Crippen LogP contribution >= 0.6 is 11.6 Å². The fourth-order valence-corrected chi connectivity index (χ4v) is 4.77. The van der Waals surface area contributed by atoms with Crippen LogP contribution in [0.3, 0.4) is 0 Å². The van der Waals surface area contributed by atoms with Gasteiger partial charge in [0.1, 0.15) is 0 Å². The van der Waals surface area contributed by atoms with Crippen LogP contribution in [0.15, 0.2) is 140 Å². The molecule has 176 valence electrons. The number of benzene rings is 5. The van der Waals surface area contributed by atoms with Crippen molar-refractivity contribution in [2.45, 2.75) is 0 Å². The molecule has 2 nitrogen and oxygen atoms in total. The van der Waals surface area contributed by atoms with Gasteiger partial charge < -0.3 is 0 Å². The highest BCUT2D eigenvalue weighted by Gasteiger charge is 2.17. The van der Waals surface area contributed by atoms with Crippen molar-refractivity contribution in [3.8, 4) is 56.2 Å². The maximum absolute atomic E-state index is 6.46. The Kier molecular flexibility index (Phi) is 6.33. The molecule has 0 saturated heterocycles. The zero-order valence-corrected chi connectivity index (χ0v) is 20.8. The molecule has 0 atom stereocenters. The Hall–Kier alpha value is -4.53. The molecule has 0 spiro atoms. The molecular formula is C34H23ClN2. The monoisotopic (exact) mass is 494 g/mol. The van der Waals surface area contributed by atoms with Gasteiger partial charge in [-0.15, -0.1) is 0 Å². The molecule has 0 saturated carbocycles. The van der Waals surface area contributed by atoms with Gasteiger partial charge in [0.05, 0.1) is 11.4 Å². The lowest BCUT2D eigenvalue weighted by Gasteiger charge is -2.16. The van der Waals surface area contributed by atoms with Crippen molar-refractivity contribution >= 4 is 11.6 Å². The predicted molar refractivity (Wildman–Crippen MR) is 154 cm³/mol. The highest BCUT2D eigenvalue weighted by molar-refractivity contribution is 6.31. The standard InChI is InChI=1S/C34H23ClN2/c35-27-20-21-29(31(22-27)24-12-4-1-5-13-24)28-18-10-11-19-30(28)34-36-32(25-14-6-2-7-15-25)23-33(37-34)26-16-8-3-9-17-26/h1-23H. The van der Waals surface area contributed by atoms with Crippen molar-refractivity contribution in [1.29, 1.82) is 0 Å². The Bertz CT molecular complexity index is 1610. The number of rotatable bonds is 5. The molecule has 1 heterocycles. The molecule has 0 aliphatic rings. The molecule has 0 aliphatic heterocycles. The SMILES string of the molecule is Clc1ccc(-c2ccccc2-c2nc(-c3ccccc3)cc(-c3ccccc3)n2)c(-c2ccccc2)c1. The minimum absolute atomic E-state index is 0.685. The van der Waals surface area contributed by atoms with Crippen LogP contribution in [0.2, 0.25) is 5.02 Å². The number of hydrogen-bond acceptors (Lipinski definition) is 2. The van der Waals surface area contributed by atoms with E-state index in [1.54, 1.807) is 0 Å². The molecule has 3 heteroatoms. The van der Waals surface area contributed by atoms with E-state index in [1.165, 1.54) is 0 Å². The Morgan fingerprint density at radius 1 is 0.378 bits per heavy atom. The van der Waals surface area contributed by atoms with Crippen molar-refractivity contribution < 1.29 is 0 Å². The molecule has 0 radical (unpaired) electrons. The molecule has 0 aliphatic carbocycles. The quantitative estimate of drug-likeness (QED) is 0.238. The molecule has 0 unspecified atom stereocenters. The summed E-state index contributed by atoms with van der Waals surface area (Å²) < 4.78 is 0. The number of nitrogens with zero attached hydrogens (tertiary/aromatic N) is 2. The molecule has 0 fully saturated rings. The third-order valence-corrected chi connectivity index (χ3v) is 6.62. The first kappa shape index (κ1) is 22.9. The lowest BCUT2D eigenvalue weighted by atomic mass is 9.91. The predicted octanol–water partition coefficient (Wildman–Crippen LogP) is 9.46. The smallest absolute Gasteiger partial charge is 0.161 e. The van der Waals surface area contributed by atoms with E-state index < -0.39 is 0 Å². The van der Waals surface area contributed by atoms with Gasteiger partial charge in [-0.05, 0) is 40.5 Å². The minimum Gasteiger partial charge on any atom is -0.228 e. The maximum atomic E-state index is 6.46. The topological polar surface area (TPSA) is 25.8 Å². The highest BCUT2D eigenvalue weighted by Crippen LogP contribution is 2.39. The second-order valence-electron chi connectivity index (χ2n) is 8.80. The van der Waals surface area contributed by atoms with Crippen LogP contribution in [0.25, 0.3) is 56.2 Å². The summed E-state index contributed by atoms with van der Waals surface area (Å²) in [7, 11) is 0. The summed E-state index contributed by atoms with van der Waals surface area (Å²) in [6.45, 7) is 0. The van der Waals surface area contributed by atoms with E-state index >= 15 is 0 Å².